The lowest BCUT2D eigenvalue weighted by Gasteiger charge is -2.06. The predicted molar refractivity (Wildman–Crippen MR) is 79.3 cm³/mol. The third-order valence-electron chi connectivity index (χ3n) is 4.13. The maximum Gasteiger partial charge on any atom is 0.175 e. The van der Waals surface area contributed by atoms with Crippen LogP contribution in [0.4, 0.5) is 0 Å². The molecular weight excluding hydrogens is 232 g/mol. The molecule has 19 heavy (non-hydrogen) atoms. The van der Waals surface area contributed by atoms with E-state index in [0.717, 1.165) is 0 Å². The fourth-order valence-electron chi connectivity index (χ4n) is 3.15. The Hall–Kier alpha value is -2.35. The van der Waals surface area contributed by atoms with Crippen molar-refractivity contribution in [3.8, 4) is 0 Å². The van der Waals surface area contributed by atoms with Crippen molar-refractivity contribution in [1.82, 2.24) is 4.98 Å². The zero-order chi connectivity index (χ0) is 13.0. The molecule has 0 aliphatic carbocycles. The highest BCUT2D eigenvalue weighted by Crippen LogP contribution is 2.35. The Morgan fingerprint density at radius 2 is 1.74 bits per heavy atom. The number of para-hydroxylation sites is 1. The summed E-state index contributed by atoms with van der Waals surface area (Å²) >= 11 is 0. The van der Waals surface area contributed by atoms with Crippen LogP contribution >= 0.6 is 0 Å². The van der Waals surface area contributed by atoms with Crippen LogP contribution in [-0.4, -0.2) is 4.98 Å². The minimum Gasteiger partial charge on any atom is -0.354 e. The second-order valence-electron chi connectivity index (χ2n) is 5.14. The molecule has 0 aliphatic rings. The van der Waals surface area contributed by atoms with Crippen molar-refractivity contribution in [3.63, 3.8) is 0 Å². The summed E-state index contributed by atoms with van der Waals surface area (Å²) in [6, 6.07) is 10.7. The largest absolute Gasteiger partial charge is 0.354 e. The number of aromatic amines is 2. The molecule has 2 aromatic carbocycles. The fraction of sp³-hybridized carbons (Fsp3) is 0.118. The first-order valence-corrected chi connectivity index (χ1v) is 6.57. The average Bonchev–Trinajstić information content (AvgIpc) is 2.84. The van der Waals surface area contributed by atoms with Crippen LogP contribution in [0.15, 0.2) is 42.7 Å². The molecule has 0 bridgehead atoms. The van der Waals surface area contributed by atoms with E-state index < -0.39 is 0 Å². The Labute approximate surface area is 111 Å². The molecule has 0 unspecified atom stereocenters. The summed E-state index contributed by atoms with van der Waals surface area (Å²) in [6.45, 7) is 4.40. The van der Waals surface area contributed by atoms with E-state index in [-0.39, 0.29) is 0 Å². The highest BCUT2D eigenvalue weighted by Gasteiger charge is 2.14. The lowest BCUT2D eigenvalue weighted by atomic mass is 9.97. The number of rotatable bonds is 0. The second kappa shape index (κ2) is 3.58. The van der Waals surface area contributed by atoms with Gasteiger partial charge in [-0.2, -0.15) is 0 Å². The average molecular weight is 247 g/mol. The van der Waals surface area contributed by atoms with Crippen LogP contribution in [0.25, 0.3) is 32.6 Å². The van der Waals surface area contributed by atoms with E-state index in [4.69, 9.17) is 0 Å². The number of aromatic nitrogens is 2. The van der Waals surface area contributed by atoms with Crippen LogP contribution in [0.5, 0.6) is 0 Å². The maximum atomic E-state index is 3.57. The lowest BCUT2D eigenvalue weighted by molar-refractivity contribution is -0.375. The molecule has 0 atom stereocenters. The third kappa shape index (κ3) is 1.28. The molecule has 2 heteroatoms. The van der Waals surface area contributed by atoms with Crippen molar-refractivity contribution >= 4 is 32.6 Å². The highest BCUT2D eigenvalue weighted by atomic mass is 14.7. The van der Waals surface area contributed by atoms with Crippen LogP contribution in [0, 0.1) is 13.8 Å². The minimum absolute atomic E-state index is 1.21. The summed E-state index contributed by atoms with van der Waals surface area (Å²) in [5.41, 5.74) is 5.13. The van der Waals surface area contributed by atoms with Gasteiger partial charge in [-0.05, 0) is 36.4 Å². The molecule has 2 nitrogen and oxygen atoms in total. The number of H-pyrrole nitrogens is 2. The Bertz CT molecular complexity index is 932. The summed E-state index contributed by atoms with van der Waals surface area (Å²) in [5.74, 6) is 0. The number of fused-ring (bicyclic) bond motifs is 4. The van der Waals surface area contributed by atoms with Crippen LogP contribution in [0.2, 0.25) is 0 Å². The van der Waals surface area contributed by atoms with E-state index in [1.165, 1.54) is 43.7 Å². The topological polar surface area (TPSA) is 29.9 Å². The first kappa shape index (κ1) is 10.6. The highest BCUT2D eigenvalue weighted by molar-refractivity contribution is 6.16. The number of hydrogen-bond acceptors (Lipinski definition) is 0. The Morgan fingerprint density at radius 1 is 0.895 bits per heavy atom. The zero-order valence-corrected chi connectivity index (χ0v) is 11.0. The summed E-state index contributed by atoms with van der Waals surface area (Å²) in [4.78, 5) is 6.77. The molecular formula is C17H15N2+. The van der Waals surface area contributed by atoms with Gasteiger partial charge in [0.25, 0.3) is 0 Å². The molecule has 0 saturated carbocycles. The van der Waals surface area contributed by atoms with Gasteiger partial charge in [-0.3, -0.25) is 0 Å². The fourth-order valence-corrected chi connectivity index (χ4v) is 3.15. The normalized spacial score (nSPS) is 11.7. The number of nitrogens with one attached hydrogen (secondary N) is 2. The van der Waals surface area contributed by atoms with Crippen molar-refractivity contribution in [2.24, 2.45) is 0 Å². The van der Waals surface area contributed by atoms with Crippen molar-refractivity contribution in [1.29, 1.82) is 0 Å². The van der Waals surface area contributed by atoms with Gasteiger partial charge >= 0.3 is 0 Å². The molecule has 92 valence electrons. The predicted octanol–water partition coefficient (Wildman–Crippen LogP) is 3.91. The van der Waals surface area contributed by atoms with Crippen LogP contribution in [0.1, 0.15) is 11.1 Å². The SMILES string of the molecule is Cc1c2cc[nH+]cc2c(C)c2c1[nH]c1ccccc12. The number of hydrogen-bond donors (Lipinski definition) is 1. The quantitative estimate of drug-likeness (QED) is 0.488. The first-order chi connectivity index (χ1) is 9.27. The zero-order valence-electron chi connectivity index (χ0n) is 11.0. The molecule has 0 aliphatic heterocycles. The Kier molecular flexibility index (Phi) is 1.99. The summed E-state index contributed by atoms with van der Waals surface area (Å²) in [6.07, 6.45) is 4.09. The molecule has 4 aromatic rings. The molecule has 2 aromatic heterocycles. The van der Waals surface area contributed by atoms with Gasteiger partial charge in [0, 0.05) is 27.7 Å². The van der Waals surface area contributed by atoms with Crippen molar-refractivity contribution in [2.45, 2.75) is 13.8 Å². The van der Waals surface area contributed by atoms with Crippen LogP contribution in [-0.2, 0) is 0 Å². The van der Waals surface area contributed by atoms with Gasteiger partial charge in [0.1, 0.15) is 0 Å². The minimum atomic E-state index is 1.21. The van der Waals surface area contributed by atoms with Crippen molar-refractivity contribution in [3.05, 3.63) is 53.9 Å². The van der Waals surface area contributed by atoms with Crippen molar-refractivity contribution < 1.29 is 4.98 Å². The molecule has 0 saturated heterocycles. The molecule has 4 rings (SSSR count). The smallest absolute Gasteiger partial charge is 0.175 e. The standard InChI is InChI=1S/C17H14N2/c1-10-14-9-18-8-7-12(14)11(2)17-16(10)13-5-3-4-6-15(13)19-17/h3-9,19H,1-2H3/p+1. The maximum absolute atomic E-state index is 3.57. The van der Waals surface area contributed by atoms with Gasteiger partial charge in [0.2, 0.25) is 0 Å². The van der Waals surface area contributed by atoms with Gasteiger partial charge in [0.05, 0.1) is 5.52 Å². The molecule has 0 fully saturated rings. The van der Waals surface area contributed by atoms with Crippen LogP contribution in [0.3, 0.4) is 0 Å². The van der Waals surface area contributed by atoms with E-state index in [2.05, 4.69) is 60.3 Å². The van der Waals surface area contributed by atoms with Gasteiger partial charge in [-0.1, -0.05) is 18.2 Å². The van der Waals surface area contributed by atoms with E-state index in [1.807, 2.05) is 6.20 Å². The summed E-state index contributed by atoms with van der Waals surface area (Å²) < 4.78 is 0. The van der Waals surface area contributed by atoms with Gasteiger partial charge in [0.15, 0.2) is 12.4 Å². The lowest BCUT2D eigenvalue weighted by Crippen LogP contribution is -1.99. The molecule has 2 heterocycles. The van der Waals surface area contributed by atoms with Gasteiger partial charge in [-0.15, -0.1) is 0 Å². The van der Waals surface area contributed by atoms with Gasteiger partial charge < -0.3 is 4.98 Å². The van der Waals surface area contributed by atoms with Crippen LogP contribution < -0.4 is 4.98 Å². The van der Waals surface area contributed by atoms with E-state index in [0.29, 0.717) is 0 Å². The Morgan fingerprint density at radius 3 is 2.63 bits per heavy atom. The summed E-state index contributed by atoms with van der Waals surface area (Å²) in [7, 11) is 0. The molecule has 2 N–H and O–H groups in total. The Balaban J connectivity index is 2.39. The van der Waals surface area contributed by atoms with E-state index in [9.17, 15) is 0 Å². The second-order valence-corrected chi connectivity index (χ2v) is 5.14. The van der Waals surface area contributed by atoms with Gasteiger partial charge in [-0.25, -0.2) is 4.98 Å². The molecule has 0 spiro atoms. The molecule has 0 amide bonds. The summed E-state index contributed by atoms with van der Waals surface area (Å²) in [5, 5.41) is 5.27. The van der Waals surface area contributed by atoms with E-state index in [1.54, 1.807) is 0 Å². The van der Waals surface area contributed by atoms with E-state index >= 15 is 0 Å². The monoisotopic (exact) mass is 247 g/mol. The number of benzene rings is 2. The number of pyridine rings is 1. The molecule has 0 radical (unpaired) electrons. The third-order valence-corrected chi connectivity index (χ3v) is 4.13. The van der Waals surface area contributed by atoms with Crippen molar-refractivity contribution in [2.75, 3.05) is 0 Å². The first-order valence-electron chi connectivity index (χ1n) is 6.57. The number of aryl methyl sites for hydroxylation is 2.